The first-order valence-corrected chi connectivity index (χ1v) is 13.3. The molecule has 0 radical (unpaired) electrons. The Hall–Kier alpha value is -3.47. The van der Waals surface area contributed by atoms with Crippen LogP contribution in [0.5, 0.6) is 5.75 Å². The van der Waals surface area contributed by atoms with Crippen LogP contribution in [-0.4, -0.2) is 23.6 Å². The van der Waals surface area contributed by atoms with Gasteiger partial charge in [0.1, 0.15) is 12.4 Å². The predicted molar refractivity (Wildman–Crippen MR) is 148 cm³/mol. The number of benzene rings is 4. The first kappa shape index (κ1) is 25.2. The molecule has 4 aromatic carbocycles. The monoisotopic (exact) mass is 494 g/mol. The Morgan fingerprint density at radius 1 is 1.00 bits per heavy atom. The number of aliphatic hydroxyl groups is 1. The van der Waals surface area contributed by atoms with E-state index in [2.05, 4.69) is 31.2 Å². The van der Waals surface area contributed by atoms with Crippen LogP contribution in [0.1, 0.15) is 66.6 Å². The van der Waals surface area contributed by atoms with Crippen LogP contribution in [0.25, 0.3) is 21.9 Å². The lowest BCUT2D eigenvalue weighted by Gasteiger charge is -2.27. The number of rotatable bonds is 9. The van der Waals surface area contributed by atoms with Crippen LogP contribution in [0.4, 0.5) is 0 Å². The smallest absolute Gasteiger partial charge is 0.162 e. The maximum atomic E-state index is 13.0. The number of ether oxygens (including phenoxy) is 2. The van der Waals surface area contributed by atoms with Crippen LogP contribution in [-0.2, 0) is 11.3 Å². The number of carbonyl (C=O) groups excluding carboxylic acids is 1. The fourth-order valence-corrected chi connectivity index (χ4v) is 5.00. The molecular formula is C33H34O4. The highest BCUT2D eigenvalue weighted by Gasteiger charge is 2.22. The van der Waals surface area contributed by atoms with Crippen molar-refractivity contribution in [2.24, 2.45) is 0 Å². The van der Waals surface area contributed by atoms with Gasteiger partial charge in [0.2, 0.25) is 0 Å². The Morgan fingerprint density at radius 3 is 2.68 bits per heavy atom. The van der Waals surface area contributed by atoms with E-state index in [1.807, 2.05) is 60.7 Å². The number of hydrogen-bond acceptors (Lipinski definition) is 4. The molecule has 5 rings (SSSR count). The van der Waals surface area contributed by atoms with Gasteiger partial charge in [-0.15, -0.1) is 0 Å². The van der Waals surface area contributed by atoms with Gasteiger partial charge in [-0.3, -0.25) is 4.79 Å². The normalized spacial score (nSPS) is 17.6. The van der Waals surface area contributed by atoms with E-state index in [9.17, 15) is 9.90 Å². The third-order valence-corrected chi connectivity index (χ3v) is 7.07. The lowest BCUT2D eigenvalue weighted by atomic mass is 9.93. The maximum Gasteiger partial charge on any atom is 0.162 e. The van der Waals surface area contributed by atoms with E-state index < -0.39 is 0 Å². The highest BCUT2D eigenvalue weighted by Crippen LogP contribution is 2.34. The molecule has 4 nitrogen and oxygen atoms in total. The third kappa shape index (κ3) is 6.10. The number of ketones is 1. The number of Topliss-reactive ketones (excluding diaryl/α,β-unsaturated/α-hetero) is 1. The summed E-state index contributed by atoms with van der Waals surface area (Å²) >= 11 is 0. The standard InChI is InChI=1S/C33H34O4/c1-2-3-12-32(35)27-18-26-19-29(13-14-30(26)31(20-27)24-9-5-4-6-10-24)37-22-23-8-7-11-25(17-23)33-21-28(34)15-16-36-33/h4-11,13-14,17-20,28,33-34H,2-3,12,15-16,21-22H2,1H3. The third-order valence-electron chi connectivity index (χ3n) is 7.07. The van der Waals surface area contributed by atoms with Crippen LogP contribution in [0, 0.1) is 0 Å². The van der Waals surface area contributed by atoms with Crippen molar-refractivity contribution in [1.29, 1.82) is 0 Å². The Bertz CT molecular complexity index is 1360. The van der Waals surface area contributed by atoms with E-state index in [0.717, 1.165) is 57.2 Å². The highest BCUT2D eigenvalue weighted by molar-refractivity contribution is 6.05. The summed E-state index contributed by atoms with van der Waals surface area (Å²) < 4.78 is 12.1. The van der Waals surface area contributed by atoms with Crippen molar-refractivity contribution in [3.05, 3.63) is 102 Å². The minimum atomic E-state index is -0.309. The summed E-state index contributed by atoms with van der Waals surface area (Å²) in [6, 6.07) is 28.6. The van der Waals surface area contributed by atoms with Gasteiger partial charge >= 0.3 is 0 Å². The summed E-state index contributed by atoms with van der Waals surface area (Å²) in [5, 5.41) is 12.1. The first-order chi connectivity index (χ1) is 18.1. The van der Waals surface area contributed by atoms with Gasteiger partial charge in [0.05, 0.1) is 12.2 Å². The molecule has 37 heavy (non-hydrogen) atoms. The molecule has 0 amide bonds. The number of aliphatic hydroxyl groups excluding tert-OH is 1. The summed E-state index contributed by atoms with van der Waals surface area (Å²) in [6.07, 6.45) is 3.38. The molecule has 0 aliphatic carbocycles. The summed E-state index contributed by atoms with van der Waals surface area (Å²) in [5.74, 6) is 0.943. The van der Waals surface area contributed by atoms with Gasteiger partial charge in [0, 0.05) is 25.0 Å². The molecule has 1 aliphatic heterocycles. The molecule has 0 aromatic heterocycles. The van der Waals surface area contributed by atoms with Crippen molar-refractivity contribution in [2.45, 2.75) is 57.8 Å². The zero-order valence-corrected chi connectivity index (χ0v) is 21.4. The van der Waals surface area contributed by atoms with Crippen molar-refractivity contribution >= 4 is 16.6 Å². The number of carbonyl (C=O) groups is 1. The lowest BCUT2D eigenvalue weighted by Crippen LogP contribution is -2.23. The van der Waals surface area contributed by atoms with E-state index in [0.29, 0.717) is 32.5 Å². The quantitative estimate of drug-likeness (QED) is 0.243. The van der Waals surface area contributed by atoms with Crippen molar-refractivity contribution in [3.8, 4) is 16.9 Å². The van der Waals surface area contributed by atoms with Crippen molar-refractivity contribution in [3.63, 3.8) is 0 Å². The summed E-state index contributed by atoms with van der Waals surface area (Å²) in [5.41, 5.74) is 5.03. The van der Waals surface area contributed by atoms with E-state index in [1.165, 1.54) is 0 Å². The van der Waals surface area contributed by atoms with Gasteiger partial charge in [0.15, 0.2) is 5.78 Å². The van der Waals surface area contributed by atoms with Crippen molar-refractivity contribution in [2.75, 3.05) is 6.61 Å². The van der Waals surface area contributed by atoms with E-state index in [1.54, 1.807) is 0 Å². The average Bonchev–Trinajstić information content (AvgIpc) is 2.94. The fourth-order valence-electron chi connectivity index (χ4n) is 5.00. The second-order valence-corrected chi connectivity index (χ2v) is 9.87. The zero-order chi connectivity index (χ0) is 25.6. The zero-order valence-electron chi connectivity index (χ0n) is 21.4. The van der Waals surface area contributed by atoms with Crippen molar-refractivity contribution in [1.82, 2.24) is 0 Å². The Balaban J connectivity index is 1.40. The molecule has 1 saturated heterocycles. The SMILES string of the molecule is CCCCC(=O)c1cc(-c2ccccc2)c2ccc(OCc3cccc(C4CC(O)CCO4)c3)cc2c1. The maximum absolute atomic E-state index is 13.0. The Labute approximate surface area is 218 Å². The predicted octanol–water partition coefficient (Wildman–Crippen LogP) is 7.67. The van der Waals surface area contributed by atoms with E-state index >= 15 is 0 Å². The molecule has 0 spiro atoms. The summed E-state index contributed by atoms with van der Waals surface area (Å²) in [6.45, 7) is 3.11. The molecule has 1 aliphatic rings. The number of fused-ring (bicyclic) bond motifs is 1. The number of hydrogen-bond donors (Lipinski definition) is 1. The molecule has 1 N–H and O–H groups in total. The van der Waals surface area contributed by atoms with E-state index in [-0.39, 0.29) is 18.0 Å². The van der Waals surface area contributed by atoms with Crippen LogP contribution in [0.15, 0.2) is 84.9 Å². The van der Waals surface area contributed by atoms with E-state index in [4.69, 9.17) is 9.47 Å². The highest BCUT2D eigenvalue weighted by atomic mass is 16.5. The fraction of sp³-hybridized carbons (Fsp3) is 0.303. The Morgan fingerprint density at radius 2 is 1.86 bits per heavy atom. The molecule has 1 fully saturated rings. The molecule has 0 bridgehead atoms. The lowest BCUT2D eigenvalue weighted by molar-refractivity contribution is -0.0448. The molecule has 190 valence electrons. The molecule has 4 heteroatoms. The molecule has 1 heterocycles. The van der Waals surface area contributed by atoms with Gasteiger partial charge < -0.3 is 14.6 Å². The molecule has 0 saturated carbocycles. The first-order valence-electron chi connectivity index (χ1n) is 13.3. The van der Waals surface area contributed by atoms with Crippen LogP contribution >= 0.6 is 0 Å². The second kappa shape index (κ2) is 11.7. The largest absolute Gasteiger partial charge is 0.489 e. The van der Waals surface area contributed by atoms with Crippen LogP contribution in [0.3, 0.4) is 0 Å². The van der Waals surface area contributed by atoms with Gasteiger partial charge in [-0.1, -0.05) is 67.9 Å². The Kier molecular flexibility index (Phi) is 7.98. The van der Waals surface area contributed by atoms with Crippen LogP contribution < -0.4 is 4.74 Å². The average molecular weight is 495 g/mol. The summed E-state index contributed by atoms with van der Waals surface area (Å²) in [7, 11) is 0. The minimum absolute atomic E-state index is 0.0792. The number of unbranched alkanes of at least 4 members (excludes halogenated alkanes) is 1. The van der Waals surface area contributed by atoms with Crippen molar-refractivity contribution < 1.29 is 19.4 Å². The topological polar surface area (TPSA) is 55.8 Å². The molecule has 4 aromatic rings. The van der Waals surface area contributed by atoms with Gasteiger partial charge in [-0.25, -0.2) is 0 Å². The molecule has 2 unspecified atom stereocenters. The summed E-state index contributed by atoms with van der Waals surface area (Å²) in [4.78, 5) is 13.0. The van der Waals surface area contributed by atoms with Gasteiger partial charge in [-0.05, 0) is 76.2 Å². The molecule has 2 atom stereocenters. The van der Waals surface area contributed by atoms with Crippen LogP contribution in [0.2, 0.25) is 0 Å². The van der Waals surface area contributed by atoms with Gasteiger partial charge in [0.25, 0.3) is 0 Å². The molecular weight excluding hydrogens is 460 g/mol. The second-order valence-electron chi connectivity index (χ2n) is 9.87. The van der Waals surface area contributed by atoms with Gasteiger partial charge in [-0.2, -0.15) is 0 Å². The minimum Gasteiger partial charge on any atom is -0.489 e.